The number of nitro groups is 1. The van der Waals surface area contributed by atoms with Crippen LogP contribution < -0.4 is 4.90 Å². The van der Waals surface area contributed by atoms with Gasteiger partial charge in [-0.15, -0.1) is 11.8 Å². The summed E-state index contributed by atoms with van der Waals surface area (Å²) in [4.78, 5) is 32.5. The summed E-state index contributed by atoms with van der Waals surface area (Å²) in [6, 6.07) is 21.4. The van der Waals surface area contributed by atoms with E-state index in [0.717, 1.165) is 21.7 Å². The SMILES string of the molecule is CCOC(=O)C1=NOC2(c3ccc(Cl)cc3)CC(c3ccc([N+](=O)[O-])cc3)Sc3ccccc3N12. The molecular formula is C25H20ClN3O5S. The molecule has 5 rings (SSSR count). The molecule has 8 nitrogen and oxygen atoms in total. The molecule has 3 aromatic rings. The second kappa shape index (κ2) is 9.24. The lowest BCUT2D eigenvalue weighted by Crippen LogP contribution is -2.49. The molecule has 0 radical (unpaired) electrons. The number of carbonyl (C=O) groups excluding carboxylic acids is 1. The summed E-state index contributed by atoms with van der Waals surface area (Å²) < 4.78 is 5.29. The van der Waals surface area contributed by atoms with Crippen LogP contribution in [-0.4, -0.2) is 23.3 Å². The highest BCUT2D eigenvalue weighted by molar-refractivity contribution is 7.99. The van der Waals surface area contributed by atoms with Gasteiger partial charge in [-0.05, 0) is 36.8 Å². The minimum absolute atomic E-state index is 0.0202. The van der Waals surface area contributed by atoms with Crippen LogP contribution in [0.4, 0.5) is 11.4 Å². The van der Waals surface area contributed by atoms with Crippen molar-refractivity contribution >= 4 is 46.5 Å². The lowest BCUT2D eigenvalue weighted by atomic mass is 9.92. The summed E-state index contributed by atoms with van der Waals surface area (Å²) in [5.74, 6) is -0.531. The second-order valence-corrected chi connectivity index (χ2v) is 9.66. The van der Waals surface area contributed by atoms with Crippen molar-refractivity contribution in [2.45, 2.75) is 29.2 Å². The molecule has 2 heterocycles. The number of nitrogens with zero attached hydrogens (tertiary/aromatic N) is 3. The molecule has 2 atom stereocenters. The van der Waals surface area contributed by atoms with Crippen LogP contribution in [0.15, 0.2) is 82.8 Å². The Morgan fingerprint density at radius 2 is 1.91 bits per heavy atom. The molecule has 2 aliphatic heterocycles. The van der Waals surface area contributed by atoms with E-state index in [1.165, 1.54) is 12.1 Å². The Balaban J connectivity index is 1.68. The summed E-state index contributed by atoms with van der Waals surface area (Å²) in [5.41, 5.74) is 1.25. The van der Waals surface area contributed by atoms with Gasteiger partial charge in [0, 0.05) is 39.3 Å². The van der Waals surface area contributed by atoms with Crippen molar-refractivity contribution in [1.29, 1.82) is 0 Å². The van der Waals surface area contributed by atoms with Gasteiger partial charge >= 0.3 is 5.97 Å². The zero-order valence-corrected chi connectivity index (χ0v) is 20.2. The molecule has 0 fully saturated rings. The molecule has 0 N–H and O–H groups in total. The fourth-order valence-corrected chi connectivity index (χ4v) is 5.80. The average Bonchev–Trinajstić information content (AvgIpc) is 3.17. The van der Waals surface area contributed by atoms with Gasteiger partial charge < -0.3 is 9.57 Å². The lowest BCUT2D eigenvalue weighted by molar-refractivity contribution is -0.384. The maximum atomic E-state index is 12.9. The molecule has 2 unspecified atom stereocenters. The van der Waals surface area contributed by atoms with Gasteiger partial charge in [-0.25, -0.2) is 4.79 Å². The van der Waals surface area contributed by atoms with Crippen molar-refractivity contribution in [3.63, 3.8) is 0 Å². The van der Waals surface area contributed by atoms with E-state index in [4.69, 9.17) is 21.2 Å². The number of amidine groups is 1. The molecule has 0 amide bonds. The zero-order valence-electron chi connectivity index (χ0n) is 18.6. The summed E-state index contributed by atoms with van der Waals surface area (Å²) in [5, 5.41) is 15.8. The van der Waals surface area contributed by atoms with Crippen LogP contribution in [0.3, 0.4) is 0 Å². The minimum atomic E-state index is -1.17. The third-order valence-corrected chi connectivity index (χ3v) is 7.50. The van der Waals surface area contributed by atoms with Gasteiger partial charge in [-0.2, -0.15) is 0 Å². The van der Waals surface area contributed by atoms with Crippen LogP contribution in [-0.2, 0) is 20.1 Å². The molecule has 0 aliphatic carbocycles. The van der Waals surface area contributed by atoms with Crippen molar-refractivity contribution in [1.82, 2.24) is 0 Å². The molecule has 2 aliphatic rings. The Bertz CT molecular complexity index is 1320. The lowest BCUT2D eigenvalue weighted by Gasteiger charge is -2.37. The number of para-hydroxylation sites is 1. The molecule has 10 heteroatoms. The molecule has 0 saturated heterocycles. The first-order chi connectivity index (χ1) is 16.9. The number of rotatable bonds is 5. The van der Waals surface area contributed by atoms with Crippen molar-refractivity contribution in [2.24, 2.45) is 5.16 Å². The maximum absolute atomic E-state index is 12.9. The summed E-state index contributed by atoms with van der Waals surface area (Å²) in [6.45, 7) is 1.93. The Hall–Kier alpha value is -3.56. The Morgan fingerprint density at radius 3 is 2.60 bits per heavy atom. The number of esters is 1. The first kappa shape index (κ1) is 23.2. The molecule has 0 aromatic heterocycles. The zero-order chi connectivity index (χ0) is 24.6. The molecule has 35 heavy (non-hydrogen) atoms. The number of nitro benzene ring substituents is 1. The van der Waals surface area contributed by atoms with Crippen LogP contribution in [0, 0.1) is 10.1 Å². The van der Waals surface area contributed by atoms with E-state index in [0.29, 0.717) is 11.4 Å². The van der Waals surface area contributed by atoms with E-state index in [2.05, 4.69) is 5.16 Å². The standard InChI is InChI=1S/C25H20ClN3O5S/c1-2-33-24(30)23-27-34-25(17-9-11-18(26)12-10-17)15-22(16-7-13-19(14-8-16)29(31)32)35-21-6-4-3-5-20(21)28(23)25/h3-14,22H,2,15H2,1H3. The highest BCUT2D eigenvalue weighted by atomic mass is 35.5. The highest BCUT2D eigenvalue weighted by Crippen LogP contribution is 2.55. The monoisotopic (exact) mass is 509 g/mol. The number of anilines is 1. The summed E-state index contributed by atoms with van der Waals surface area (Å²) >= 11 is 7.77. The number of benzene rings is 3. The largest absolute Gasteiger partial charge is 0.460 e. The Morgan fingerprint density at radius 1 is 1.20 bits per heavy atom. The van der Waals surface area contributed by atoms with Gasteiger partial charge in [0.2, 0.25) is 5.72 Å². The predicted octanol–water partition coefficient (Wildman–Crippen LogP) is 6.05. The van der Waals surface area contributed by atoms with Crippen LogP contribution in [0.2, 0.25) is 5.02 Å². The van der Waals surface area contributed by atoms with Gasteiger partial charge in [-0.1, -0.05) is 53.2 Å². The molecule has 178 valence electrons. The maximum Gasteiger partial charge on any atom is 0.378 e. The van der Waals surface area contributed by atoms with Gasteiger partial charge in [0.25, 0.3) is 11.5 Å². The number of non-ortho nitro benzene ring substituents is 1. The topological polar surface area (TPSA) is 94.3 Å². The van der Waals surface area contributed by atoms with Crippen LogP contribution in [0.1, 0.15) is 29.7 Å². The van der Waals surface area contributed by atoms with Gasteiger partial charge in [0.05, 0.1) is 17.2 Å². The van der Waals surface area contributed by atoms with Crippen molar-refractivity contribution in [2.75, 3.05) is 11.5 Å². The van der Waals surface area contributed by atoms with Crippen LogP contribution in [0.25, 0.3) is 0 Å². The van der Waals surface area contributed by atoms with Gasteiger partial charge in [0.1, 0.15) is 0 Å². The van der Waals surface area contributed by atoms with Gasteiger partial charge in [0.15, 0.2) is 0 Å². The minimum Gasteiger partial charge on any atom is -0.460 e. The third-order valence-electron chi connectivity index (χ3n) is 5.92. The second-order valence-electron chi connectivity index (χ2n) is 7.98. The summed E-state index contributed by atoms with van der Waals surface area (Å²) in [6.07, 6.45) is 0.387. The molecule has 0 spiro atoms. The van der Waals surface area contributed by atoms with E-state index in [1.54, 1.807) is 47.9 Å². The van der Waals surface area contributed by atoms with Gasteiger partial charge in [-0.3, -0.25) is 15.0 Å². The Kier molecular flexibility index (Phi) is 6.12. The van der Waals surface area contributed by atoms with Crippen LogP contribution in [0.5, 0.6) is 0 Å². The van der Waals surface area contributed by atoms with E-state index in [1.807, 2.05) is 36.4 Å². The first-order valence-electron chi connectivity index (χ1n) is 10.9. The normalized spacial score (nSPS) is 20.7. The van der Waals surface area contributed by atoms with Crippen molar-refractivity contribution in [3.8, 4) is 0 Å². The predicted molar refractivity (Wildman–Crippen MR) is 134 cm³/mol. The number of carbonyl (C=O) groups is 1. The van der Waals surface area contributed by atoms with Crippen LogP contribution >= 0.6 is 23.4 Å². The van der Waals surface area contributed by atoms with E-state index >= 15 is 0 Å². The number of thioether (sulfide) groups is 1. The molecule has 0 saturated carbocycles. The first-order valence-corrected chi connectivity index (χ1v) is 12.2. The Labute approximate surface area is 210 Å². The van der Waals surface area contributed by atoms with E-state index < -0.39 is 16.6 Å². The fraction of sp³-hybridized carbons (Fsp3) is 0.200. The third kappa shape index (κ3) is 4.11. The van der Waals surface area contributed by atoms with E-state index in [-0.39, 0.29) is 23.4 Å². The van der Waals surface area contributed by atoms with E-state index in [9.17, 15) is 14.9 Å². The molecule has 0 bridgehead atoms. The number of halogens is 1. The average molecular weight is 510 g/mol. The highest BCUT2D eigenvalue weighted by Gasteiger charge is 2.54. The summed E-state index contributed by atoms with van der Waals surface area (Å²) in [7, 11) is 0. The number of ether oxygens (including phenoxy) is 1. The number of fused-ring (bicyclic) bond motifs is 3. The number of hydrogen-bond acceptors (Lipinski definition) is 8. The number of hydrogen-bond donors (Lipinski definition) is 0. The smallest absolute Gasteiger partial charge is 0.378 e. The quantitative estimate of drug-likeness (QED) is 0.234. The van der Waals surface area contributed by atoms with Crippen molar-refractivity contribution in [3.05, 3.63) is 99.1 Å². The molecular weight excluding hydrogens is 490 g/mol. The fourth-order valence-electron chi connectivity index (χ4n) is 4.33. The number of oxime groups is 1. The molecule has 3 aromatic carbocycles. The van der Waals surface area contributed by atoms with Crippen molar-refractivity contribution < 1.29 is 19.3 Å².